The van der Waals surface area contributed by atoms with E-state index in [-0.39, 0.29) is 24.5 Å². The van der Waals surface area contributed by atoms with Gasteiger partial charge in [0.1, 0.15) is 37.2 Å². The SMILES string of the molecule is CC(C)C[C@H](N[C@@H](c1ccc(-c2ccc([S+](C)[O-])cc2)cc1)C(F)(F)F)C(=O)N1C[C@H](F)[C@H]2OCC(=O)[C@H]21. The average molecular weight is 555 g/mol. The Balaban J connectivity index is 1.58. The van der Waals surface area contributed by atoms with Crippen LogP contribution < -0.4 is 5.32 Å². The van der Waals surface area contributed by atoms with Gasteiger partial charge in [-0.25, -0.2) is 4.39 Å². The fourth-order valence-electron chi connectivity index (χ4n) is 5.02. The van der Waals surface area contributed by atoms with Crippen LogP contribution in [0.4, 0.5) is 17.6 Å². The third-order valence-electron chi connectivity index (χ3n) is 6.87. The van der Waals surface area contributed by atoms with Crippen LogP contribution in [0.15, 0.2) is 53.4 Å². The van der Waals surface area contributed by atoms with Gasteiger partial charge in [0.05, 0.1) is 12.6 Å². The van der Waals surface area contributed by atoms with Crippen LogP contribution >= 0.6 is 0 Å². The van der Waals surface area contributed by atoms with Gasteiger partial charge in [0, 0.05) is 0 Å². The molecule has 4 rings (SSSR count). The van der Waals surface area contributed by atoms with Crippen LogP contribution in [-0.4, -0.2) is 71.1 Å². The number of hydrogen-bond acceptors (Lipinski definition) is 5. The van der Waals surface area contributed by atoms with E-state index < -0.39 is 66.0 Å². The van der Waals surface area contributed by atoms with E-state index in [9.17, 15) is 31.7 Å². The Morgan fingerprint density at radius 3 is 2.24 bits per heavy atom. The summed E-state index contributed by atoms with van der Waals surface area (Å²) >= 11 is -1.15. The molecule has 0 spiro atoms. The molecule has 38 heavy (non-hydrogen) atoms. The van der Waals surface area contributed by atoms with E-state index in [1.807, 2.05) is 0 Å². The number of alkyl halides is 4. The largest absolute Gasteiger partial charge is 0.612 e. The molecule has 1 unspecified atom stereocenters. The lowest BCUT2D eigenvalue weighted by Crippen LogP contribution is -2.53. The molecule has 6 nitrogen and oxygen atoms in total. The first-order valence-electron chi connectivity index (χ1n) is 12.3. The van der Waals surface area contributed by atoms with Gasteiger partial charge in [-0.05, 0) is 64.5 Å². The topological polar surface area (TPSA) is 81.7 Å². The highest BCUT2D eigenvalue weighted by Gasteiger charge is 2.54. The molecule has 0 aromatic heterocycles. The van der Waals surface area contributed by atoms with Gasteiger partial charge in [-0.15, -0.1) is 0 Å². The van der Waals surface area contributed by atoms with E-state index >= 15 is 0 Å². The molecule has 0 saturated carbocycles. The molecular weight excluding hydrogens is 524 g/mol. The third kappa shape index (κ3) is 6.06. The van der Waals surface area contributed by atoms with Gasteiger partial charge in [0.2, 0.25) is 5.91 Å². The first-order valence-corrected chi connectivity index (χ1v) is 13.9. The van der Waals surface area contributed by atoms with E-state index in [1.54, 1.807) is 56.5 Å². The Bertz CT molecular complexity index is 1140. The predicted molar refractivity (Wildman–Crippen MR) is 135 cm³/mol. The van der Waals surface area contributed by atoms with E-state index in [4.69, 9.17) is 4.74 Å². The molecule has 2 saturated heterocycles. The van der Waals surface area contributed by atoms with Gasteiger partial charge < -0.3 is 14.2 Å². The molecule has 206 valence electrons. The maximum Gasteiger partial charge on any atom is 0.407 e. The Morgan fingerprint density at radius 2 is 1.71 bits per heavy atom. The highest BCUT2D eigenvalue weighted by Crippen LogP contribution is 2.36. The number of halogens is 4. The first-order chi connectivity index (χ1) is 17.9. The monoisotopic (exact) mass is 554 g/mol. The van der Waals surface area contributed by atoms with E-state index in [1.165, 1.54) is 12.1 Å². The highest BCUT2D eigenvalue weighted by atomic mass is 32.2. The molecule has 0 bridgehead atoms. The summed E-state index contributed by atoms with van der Waals surface area (Å²) in [6.07, 6.45) is -5.76. The van der Waals surface area contributed by atoms with Crippen molar-refractivity contribution >= 4 is 22.9 Å². The first kappa shape index (κ1) is 28.5. The second-order valence-corrected chi connectivity index (χ2v) is 11.5. The van der Waals surface area contributed by atoms with Crippen molar-refractivity contribution in [1.82, 2.24) is 10.2 Å². The van der Waals surface area contributed by atoms with Crippen molar-refractivity contribution in [2.45, 2.75) is 61.7 Å². The van der Waals surface area contributed by atoms with E-state index in [0.717, 1.165) is 10.5 Å². The van der Waals surface area contributed by atoms with Crippen LogP contribution in [0.2, 0.25) is 0 Å². The maximum atomic E-state index is 14.5. The van der Waals surface area contributed by atoms with Crippen molar-refractivity contribution in [2.24, 2.45) is 5.92 Å². The minimum absolute atomic E-state index is 0.0640. The molecule has 2 fully saturated rings. The van der Waals surface area contributed by atoms with Crippen molar-refractivity contribution in [1.29, 1.82) is 0 Å². The lowest BCUT2D eigenvalue weighted by atomic mass is 9.97. The lowest BCUT2D eigenvalue weighted by Gasteiger charge is -2.32. The van der Waals surface area contributed by atoms with Gasteiger partial charge in [0.25, 0.3) is 0 Å². The number of ketones is 1. The summed E-state index contributed by atoms with van der Waals surface area (Å²) in [6, 6.07) is 8.14. The van der Waals surface area contributed by atoms with Crippen LogP contribution in [-0.2, 0) is 25.5 Å². The molecule has 2 aromatic rings. The number of likely N-dealkylation sites (tertiary alicyclic amines) is 1. The molecule has 1 N–H and O–H groups in total. The number of ether oxygens (including phenoxy) is 1. The molecular formula is C27H30F4N2O4S. The standard InChI is InChI=1S/C27H30F4N2O4S/c1-15(2)12-21(26(35)33-13-20(28)24-23(33)22(34)14-37-24)32-25(27(29,30)31)18-6-4-16(5-7-18)17-8-10-19(11-9-17)38(3)36/h4-11,15,20-21,23-25,32H,12-14H2,1-3H3/t20-,21-,23+,24+,25-,38?/m0/s1. The van der Waals surface area contributed by atoms with Crippen LogP contribution in [0.1, 0.15) is 31.9 Å². The number of nitrogens with one attached hydrogen (secondary N) is 1. The summed E-state index contributed by atoms with van der Waals surface area (Å²) in [4.78, 5) is 27.4. The Kier molecular flexibility index (Phi) is 8.51. The minimum Gasteiger partial charge on any atom is -0.612 e. The zero-order valence-corrected chi connectivity index (χ0v) is 22.0. The molecule has 2 aromatic carbocycles. The van der Waals surface area contributed by atoms with Gasteiger partial charge in [-0.1, -0.05) is 38.1 Å². The number of carbonyl (C=O) groups is 2. The minimum atomic E-state index is -4.73. The second kappa shape index (κ2) is 11.3. The third-order valence-corrected chi connectivity index (χ3v) is 7.81. The fraction of sp³-hybridized carbons (Fsp3) is 0.481. The number of amides is 1. The number of benzene rings is 2. The number of Topliss-reactive ketones (excluding diaryl/α,β-unsaturated/α-hetero) is 1. The van der Waals surface area contributed by atoms with Crippen molar-refractivity contribution in [2.75, 3.05) is 19.4 Å². The predicted octanol–water partition coefficient (Wildman–Crippen LogP) is 4.22. The molecule has 11 heteroatoms. The number of rotatable bonds is 8. The van der Waals surface area contributed by atoms with E-state index in [0.29, 0.717) is 10.5 Å². The zero-order chi connectivity index (χ0) is 27.8. The Hall–Kier alpha value is -2.47. The Morgan fingerprint density at radius 1 is 1.13 bits per heavy atom. The van der Waals surface area contributed by atoms with Crippen LogP contribution in [0.25, 0.3) is 11.1 Å². The normalized spacial score (nSPS) is 24.0. The van der Waals surface area contributed by atoms with Gasteiger partial charge >= 0.3 is 6.18 Å². The Labute approximate surface area is 221 Å². The van der Waals surface area contributed by atoms with Gasteiger partial charge in [0.15, 0.2) is 10.7 Å². The van der Waals surface area contributed by atoms with Crippen LogP contribution in [0, 0.1) is 5.92 Å². The van der Waals surface area contributed by atoms with Crippen molar-refractivity contribution < 1.29 is 36.4 Å². The maximum absolute atomic E-state index is 14.5. The molecule has 2 aliphatic heterocycles. The van der Waals surface area contributed by atoms with Crippen molar-refractivity contribution in [3.05, 3.63) is 54.1 Å². The molecule has 6 atom stereocenters. The summed E-state index contributed by atoms with van der Waals surface area (Å²) in [5, 5.41) is 2.48. The van der Waals surface area contributed by atoms with E-state index in [2.05, 4.69) is 5.32 Å². The van der Waals surface area contributed by atoms with Crippen molar-refractivity contribution in [3.63, 3.8) is 0 Å². The second-order valence-electron chi connectivity index (χ2n) is 10.1. The smallest absolute Gasteiger partial charge is 0.407 e. The molecule has 0 aliphatic carbocycles. The molecule has 1 amide bonds. The number of carbonyl (C=O) groups excluding carboxylic acids is 2. The lowest BCUT2D eigenvalue weighted by molar-refractivity contribution is -0.163. The van der Waals surface area contributed by atoms with Gasteiger partial charge in [-0.2, -0.15) is 13.2 Å². The molecule has 2 heterocycles. The molecule has 0 radical (unpaired) electrons. The summed E-state index contributed by atoms with van der Waals surface area (Å²) in [6.45, 7) is 2.82. The summed E-state index contributed by atoms with van der Waals surface area (Å²) < 4.78 is 74.1. The zero-order valence-electron chi connectivity index (χ0n) is 21.2. The van der Waals surface area contributed by atoms with Crippen LogP contribution in [0.5, 0.6) is 0 Å². The number of nitrogens with zero attached hydrogens (tertiary/aromatic N) is 1. The highest BCUT2D eigenvalue weighted by molar-refractivity contribution is 7.90. The van der Waals surface area contributed by atoms with Crippen molar-refractivity contribution in [3.8, 4) is 11.1 Å². The summed E-state index contributed by atoms with van der Waals surface area (Å²) in [5.74, 6) is -1.34. The quantitative estimate of drug-likeness (QED) is 0.391. The van der Waals surface area contributed by atoms with Crippen LogP contribution in [0.3, 0.4) is 0 Å². The number of fused-ring (bicyclic) bond motifs is 1. The molecule has 2 aliphatic rings. The fourth-order valence-corrected chi connectivity index (χ4v) is 5.54. The summed E-state index contributed by atoms with van der Waals surface area (Å²) in [5.41, 5.74) is 1.34. The van der Waals surface area contributed by atoms with Gasteiger partial charge in [-0.3, -0.25) is 14.9 Å². The summed E-state index contributed by atoms with van der Waals surface area (Å²) in [7, 11) is 0. The number of hydrogen-bond donors (Lipinski definition) is 1. The average Bonchev–Trinajstić information content (AvgIpc) is 3.40.